The molecule has 1 aromatic heterocycles. The molecule has 0 saturated carbocycles. The average Bonchev–Trinajstić information content (AvgIpc) is 2.28. The molecule has 2 rings (SSSR count). The van der Waals surface area contributed by atoms with Gasteiger partial charge in [0.2, 0.25) is 0 Å². The number of benzene rings is 1. The quantitative estimate of drug-likeness (QED) is 0.665. The van der Waals surface area contributed by atoms with Crippen molar-refractivity contribution < 1.29 is 9.53 Å². The van der Waals surface area contributed by atoms with Gasteiger partial charge in [-0.15, -0.1) is 0 Å². The highest BCUT2D eigenvalue weighted by Gasteiger charge is 2.11. The summed E-state index contributed by atoms with van der Waals surface area (Å²) in [6.07, 6.45) is 3.49. The summed E-state index contributed by atoms with van der Waals surface area (Å²) < 4.78 is 4.74. The molecule has 76 valence electrons. The Hall–Kier alpha value is -1.90. The first-order valence-corrected chi connectivity index (χ1v) is 4.65. The van der Waals surface area contributed by atoms with Crippen LogP contribution in [0, 0.1) is 6.92 Å². The van der Waals surface area contributed by atoms with Crippen molar-refractivity contribution in [2.75, 3.05) is 7.11 Å². The summed E-state index contributed by atoms with van der Waals surface area (Å²) in [4.78, 5) is 15.6. The molecule has 3 nitrogen and oxygen atoms in total. The molecule has 0 unspecified atom stereocenters. The van der Waals surface area contributed by atoms with E-state index >= 15 is 0 Å². The first-order chi connectivity index (χ1) is 7.24. The van der Waals surface area contributed by atoms with Crippen molar-refractivity contribution >= 4 is 16.7 Å². The van der Waals surface area contributed by atoms with Crippen LogP contribution in [0.25, 0.3) is 10.8 Å². The molecule has 0 aliphatic rings. The van der Waals surface area contributed by atoms with E-state index in [-0.39, 0.29) is 5.97 Å². The molecule has 0 spiro atoms. The van der Waals surface area contributed by atoms with Crippen molar-refractivity contribution in [1.82, 2.24) is 4.98 Å². The molecule has 15 heavy (non-hydrogen) atoms. The lowest BCUT2D eigenvalue weighted by Crippen LogP contribution is -2.02. The zero-order valence-electron chi connectivity index (χ0n) is 8.65. The van der Waals surface area contributed by atoms with Gasteiger partial charge in [-0.2, -0.15) is 0 Å². The Bertz CT molecular complexity index is 515. The number of methoxy groups -OCH3 is 1. The number of aromatic nitrogens is 1. The molecular weight excluding hydrogens is 190 g/mol. The first-order valence-electron chi connectivity index (χ1n) is 4.65. The highest BCUT2D eigenvalue weighted by Crippen LogP contribution is 2.21. The molecule has 0 aliphatic carbocycles. The predicted molar refractivity (Wildman–Crippen MR) is 57.8 cm³/mol. The SMILES string of the molecule is COC(=O)c1cccc2cncc(C)c12. The number of carbonyl (C=O) groups excluding carboxylic acids is 1. The van der Waals surface area contributed by atoms with Crippen LogP contribution in [-0.2, 0) is 4.74 Å². The van der Waals surface area contributed by atoms with Gasteiger partial charge in [-0.05, 0) is 18.6 Å². The molecule has 0 N–H and O–H groups in total. The number of nitrogens with zero attached hydrogens (tertiary/aromatic N) is 1. The predicted octanol–water partition coefficient (Wildman–Crippen LogP) is 2.33. The Kier molecular flexibility index (Phi) is 2.37. The molecule has 0 radical (unpaired) electrons. The summed E-state index contributed by atoms with van der Waals surface area (Å²) in [6.45, 7) is 1.93. The number of esters is 1. The number of fused-ring (bicyclic) bond motifs is 1. The number of ether oxygens (including phenoxy) is 1. The molecule has 1 aromatic carbocycles. The normalized spacial score (nSPS) is 10.3. The van der Waals surface area contributed by atoms with Crippen molar-refractivity contribution in [1.29, 1.82) is 0 Å². The Morgan fingerprint density at radius 2 is 2.13 bits per heavy atom. The van der Waals surface area contributed by atoms with E-state index in [0.717, 1.165) is 16.3 Å². The van der Waals surface area contributed by atoms with Gasteiger partial charge in [0.15, 0.2) is 0 Å². The topological polar surface area (TPSA) is 39.2 Å². The van der Waals surface area contributed by atoms with E-state index in [4.69, 9.17) is 4.74 Å². The largest absolute Gasteiger partial charge is 0.465 e. The van der Waals surface area contributed by atoms with Gasteiger partial charge >= 0.3 is 5.97 Å². The molecule has 0 amide bonds. The van der Waals surface area contributed by atoms with Gasteiger partial charge in [-0.3, -0.25) is 4.98 Å². The van der Waals surface area contributed by atoms with Crippen LogP contribution in [0.1, 0.15) is 15.9 Å². The van der Waals surface area contributed by atoms with Crippen molar-refractivity contribution in [3.63, 3.8) is 0 Å². The van der Waals surface area contributed by atoms with Crippen LogP contribution in [0.4, 0.5) is 0 Å². The van der Waals surface area contributed by atoms with E-state index in [1.165, 1.54) is 7.11 Å². The number of pyridine rings is 1. The fourth-order valence-corrected chi connectivity index (χ4v) is 1.69. The van der Waals surface area contributed by atoms with E-state index in [2.05, 4.69) is 4.98 Å². The number of carbonyl (C=O) groups is 1. The number of hydrogen-bond donors (Lipinski definition) is 0. The van der Waals surface area contributed by atoms with E-state index in [0.29, 0.717) is 5.56 Å². The summed E-state index contributed by atoms with van der Waals surface area (Å²) in [5, 5.41) is 1.87. The summed E-state index contributed by atoms with van der Waals surface area (Å²) in [7, 11) is 1.39. The molecule has 0 saturated heterocycles. The number of aryl methyl sites for hydroxylation is 1. The van der Waals surface area contributed by atoms with E-state index < -0.39 is 0 Å². The van der Waals surface area contributed by atoms with Gasteiger partial charge in [-0.1, -0.05) is 12.1 Å². The second kappa shape index (κ2) is 3.69. The second-order valence-corrected chi connectivity index (χ2v) is 3.35. The molecule has 0 aliphatic heterocycles. The highest BCUT2D eigenvalue weighted by molar-refractivity contribution is 6.05. The Morgan fingerprint density at radius 1 is 1.33 bits per heavy atom. The van der Waals surface area contributed by atoms with Gasteiger partial charge < -0.3 is 4.74 Å². The third-order valence-corrected chi connectivity index (χ3v) is 2.38. The summed E-state index contributed by atoms with van der Waals surface area (Å²) >= 11 is 0. The molecule has 3 heteroatoms. The van der Waals surface area contributed by atoms with Crippen molar-refractivity contribution in [3.8, 4) is 0 Å². The summed E-state index contributed by atoms with van der Waals surface area (Å²) in [6, 6.07) is 5.53. The Morgan fingerprint density at radius 3 is 2.87 bits per heavy atom. The second-order valence-electron chi connectivity index (χ2n) is 3.35. The maximum atomic E-state index is 11.5. The van der Waals surface area contributed by atoms with Crippen molar-refractivity contribution in [3.05, 3.63) is 41.7 Å². The molecule has 0 fully saturated rings. The minimum Gasteiger partial charge on any atom is -0.465 e. The molecular formula is C12H11NO2. The lowest BCUT2D eigenvalue weighted by Gasteiger charge is -2.06. The third-order valence-electron chi connectivity index (χ3n) is 2.38. The van der Waals surface area contributed by atoms with Crippen LogP contribution >= 0.6 is 0 Å². The first kappa shape index (κ1) is 9.65. The van der Waals surface area contributed by atoms with Gasteiger partial charge in [0.25, 0.3) is 0 Å². The fourth-order valence-electron chi connectivity index (χ4n) is 1.69. The van der Waals surface area contributed by atoms with Crippen LogP contribution in [-0.4, -0.2) is 18.1 Å². The monoisotopic (exact) mass is 201 g/mol. The molecule has 2 aromatic rings. The van der Waals surface area contributed by atoms with E-state index in [1.807, 2.05) is 19.1 Å². The van der Waals surface area contributed by atoms with Crippen LogP contribution < -0.4 is 0 Å². The maximum absolute atomic E-state index is 11.5. The Balaban J connectivity index is 2.80. The average molecular weight is 201 g/mol. The number of hydrogen-bond acceptors (Lipinski definition) is 3. The zero-order chi connectivity index (χ0) is 10.8. The molecule has 0 bridgehead atoms. The van der Waals surface area contributed by atoms with Crippen LogP contribution in [0.15, 0.2) is 30.6 Å². The van der Waals surface area contributed by atoms with E-state index in [9.17, 15) is 4.79 Å². The van der Waals surface area contributed by atoms with E-state index in [1.54, 1.807) is 18.5 Å². The minimum atomic E-state index is -0.310. The number of rotatable bonds is 1. The molecule has 1 heterocycles. The van der Waals surface area contributed by atoms with Gasteiger partial charge in [-0.25, -0.2) is 4.79 Å². The smallest absolute Gasteiger partial charge is 0.338 e. The van der Waals surface area contributed by atoms with Gasteiger partial charge in [0, 0.05) is 23.2 Å². The zero-order valence-corrected chi connectivity index (χ0v) is 8.65. The Labute approximate surface area is 87.7 Å². The highest BCUT2D eigenvalue weighted by atomic mass is 16.5. The van der Waals surface area contributed by atoms with Crippen LogP contribution in [0.3, 0.4) is 0 Å². The fraction of sp³-hybridized carbons (Fsp3) is 0.167. The van der Waals surface area contributed by atoms with Crippen molar-refractivity contribution in [2.24, 2.45) is 0 Å². The van der Waals surface area contributed by atoms with Gasteiger partial charge in [0.05, 0.1) is 12.7 Å². The summed E-state index contributed by atoms with van der Waals surface area (Å²) in [5.41, 5.74) is 1.57. The molecule has 0 atom stereocenters. The lowest BCUT2D eigenvalue weighted by molar-refractivity contribution is 0.0603. The maximum Gasteiger partial charge on any atom is 0.338 e. The van der Waals surface area contributed by atoms with Crippen LogP contribution in [0.2, 0.25) is 0 Å². The standard InChI is InChI=1S/C12H11NO2/c1-8-6-13-7-9-4-3-5-10(11(8)9)12(14)15-2/h3-7H,1-2H3. The summed E-state index contributed by atoms with van der Waals surface area (Å²) in [5.74, 6) is -0.310. The minimum absolute atomic E-state index is 0.310. The lowest BCUT2D eigenvalue weighted by atomic mass is 10.0. The van der Waals surface area contributed by atoms with Gasteiger partial charge in [0.1, 0.15) is 0 Å². The third kappa shape index (κ3) is 1.56. The van der Waals surface area contributed by atoms with Crippen LogP contribution in [0.5, 0.6) is 0 Å². The van der Waals surface area contributed by atoms with Crippen molar-refractivity contribution in [2.45, 2.75) is 6.92 Å².